The third-order valence-electron chi connectivity index (χ3n) is 2.68. The van der Waals surface area contributed by atoms with E-state index in [2.05, 4.69) is 10.3 Å². The van der Waals surface area contributed by atoms with Crippen LogP contribution in [0.25, 0.3) is 0 Å². The Hall–Kier alpha value is -1.59. The molecule has 0 unspecified atom stereocenters. The van der Waals surface area contributed by atoms with Crippen LogP contribution in [0.3, 0.4) is 0 Å². The number of benzene rings is 1. The van der Waals surface area contributed by atoms with E-state index in [0.717, 1.165) is 5.56 Å². The molecule has 0 saturated carbocycles. The largest absolute Gasteiger partial charge is 0.461 e. The molecule has 0 aliphatic rings. The van der Waals surface area contributed by atoms with E-state index in [-0.39, 0.29) is 18.2 Å². The molecule has 0 bridgehead atoms. The van der Waals surface area contributed by atoms with Gasteiger partial charge >= 0.3 is 5.97 Å². The molecule has 2 aromatic rings. The molecule has 20 heavy (non-hydrogen) atoms. The van der Waals surface area contributed by atoms with Crippen LogP contribution in [-0.2, 0) is 17.2 Å². The number of rotatable bonds is 5. The molecule has 1 aromatic heterocycles. The minimum absolute atomic E-state index is 0.134. The van der Waals surface area contributed by atoms with Gasteiger partial charge in [-0.3, -0.25) is 0 Å². The summed E-state index contributed by atoms with van der Waals surface area (Å²) in [6.45, 7) is 2.48. The molecule has 0 N–H and O–H groups in total. The Morgan fingerprint density at radius 2 is 2.05 bits per heavy atom. The van der Waals surface area contributed by atoms with E-state index in [9.17, 15) is 4.79 Å². The summed E-state index contributed by atoms with van der Waals surface area (Å²) in [6.07, 6.45) is 0. The lowest BCUT2D eigenvalue weighted by Crippen LogP contribution is -2.10. The van der Waals surface area contributed by atoms with E-state index in [4.69, 9.17) is 27.9 Å². The predicted molar refractivity (Wildman–Crippen MR) is 76.1 cm³/mol. The summed E-state index contributed by atoms with van der Waals surface area (Å²) in [5, 5.41) is 8.47. The van der Waals surface area contributed by atoms with Crippen LogP contribution in [0, 0.1) is 0 Å². The number of carbonyl (C=O) groups is 1. The fraction of sp³-hybridized carbons (Fsp3) is 0.308. The highest BCUT2D eigenvalue weighted by Crippen LogP contribution is 2.14. The van der Waals surface area contributed by atoms with Gasteiger partial charge < -0.3 is 4.74 Å². The topological polar surface area (TPSA) is 57.0 Å². The van der Waals surface area contributed by atoms with Crippen LogP contribution in [0.4, 0.5) is 0 Å². The van der Waals surface area contributed by atoms with Gasteiger partial charge in [-0.25, -0.2) is 9.48 Å². The minimum atomic E-state index is -0.509. The molecule has 0 fully saturated rings. The maximum Gasteiger partial charge on any atom is 0.360 e. The third kappa shape index (κ3) is 3.29. The summed E-state index contributed by atoms with van der Waals surface area (Å²) >= 11 is 11.7. The third-order valence-corrected chi connectivity index (χ3v) is 3.18. The van der Waals surface area contributed by atoms with Gasteiger partial charge in [-0.1, -0.05) is 28.9 Å². The summed E-state index contributed by atoms with van der Waals surface area (Å²) in [6, 6.07) is 7.35. The van der Waals surface area contributed by atoms with Crippen LogP contribution in [0.2, 0.25) is 5.02 Å². The zero-order chi connectivity index (χ0) is 14.5. The second kappa shape index (κ2) is 6.72. The number of hydrogen-bond acceptors (Lipinski definition) is 4. The molecule has 1 aromatic carbocycles. The van der Waals surface area contributed by atoms with Gasteiger partial charge in [-0.2, -0.15) is 0 Å². The van der Waals surface area contributed by atoms with Gasteiger partial charge in [0.2, 0.25) is 0 Å². The van der Waals surface area contributed by atoms with Crippen LogP contribution in [0.1, 0.15) is 28.7 Å². The van der Waals surface area contributed by atoms with Gasteiger partial charge in [0.05, 0.1) is 24.7 Å². The maximum atomic E-state index is 11.7. The lowest BCUT2D eigenvalue weighted by molar-refractivity contribution is 0.0518. The Kier molecular flexibility index (Phi) is 4.98. The first-order chi connectivity index (χ1) is 9.65. The first-order valence-electron chi connectivity index (χ1n) is 6.05. The zero-order valence-electron chi connectivity index (χ0n) is 10.8. The number of nitrogens with zero attached hydrogens (tertiary/aromatic N) is 3. The molecule has 7 heteroatoms. The number of carbonyl (C=O) groups excluding carboxylic acids is 1. The van der Waals surface area contributed by atoms with Crippen molar-refractivity contribution in [3.05, 3.63) is 46.2 Å². The Morgan fingerprint density at radius 1 is 1.35 bits per heavy atom. The summed E-state index contributed by atoms with van der Waals surface area (Å²) in [4.78, 5) is 11.7. The van der Waals surface area contributed by atoms with Crippen molar-refractivity contribution in [3.8, 4) is 0 Å². The van der Waals surface area contributed by atoms with E-state index >= 15 is 0 Å². The molecular formula is C13H13Cl2N3O2. The van der Waals surface area contributed by atoms with Gasteiger partial charge in [0.15, 0.2) is 5.69 Å². The standard InChI is InChI=1S/C13H13Cl2N3O2/c1-2-20-13(19)12-11(7-14)18(17-16-12)8-9-3-5-10(15)6-4-9/h3-6H,2,7-8H2,1H3. The minimum Gasteiger partial charge on any atom is -0.461 e. The van der Waals surface area contributed by atoms with Crippen LogP contribution >= 0.6 is 23.2 Å². The summed E-state index contributed by atoms with van der Waals surface area (Å²) in [5.41, 5.74) is 1.69. The van der Waals surface area contributed by atoms with E-state index < -0.39 is 5.97 Å². The first kappa shape index (κ1) is 14.8. The van der Waals surface area contributed by atoms with E-state index in [1.165, 1.54) is 0 Å². The van der Waals surface area contributed by atoms with Crippen molar-refractivity contribution in [2.45, 2.75) is 19.3 Å². The molecule has 0 aliphatic carbocycles. The van der Waals surface area contributed by atoms with Crippen molar-refractivity contribution in [2.24, 2.45) is 0 Å². The second-order valence-electron chi connectivity index (χ2n) is 4.02. The molecule has 0 atom stereocenters. The molecular weight excluding hydrogens is 301 g/mol. The number of hydrogen-bond donors (Lipinski definition) is 0. The molecule has 0 amide bonds. The maximum absolute atomic E-state index is 11.7. The van der Waals surface area contributed by atoms with Gasteiger partial charge in [0.25, 0.3) is 0 Å². The van der Waals surface area contributed by atoms with E-state index in [1.54, 1.807) is 23.7 Å². The monoisotopic (exact) mass is 313 g/mol. The normalized spacial score (nSPS) is 10.6. The lowest BCUT2D eigenvalue weighted by atomic mass is 10.2. The number of halogens is 2. The summed E-state index contributed by atoms with van der Waals surface area (Å²) in [7, 11) is 0. The molecule has 5 nitrogen and oxygen atoms in total. The Balaban J connectivity index is 2.24. The number of esters is 1. The number of ether oxygens (including phenoxy) is 1. The van der Waals surface area contributed by atoms with Gasteiger partial charge in [-0.15, -0.1) is 16.7 Å². The fourth-order valence-electron chi connectivity index (χ4n) is 1.71. The summed E-state index contributed by atoms with van der Waals surface area (Å²) in [5.74, 6) is -0.375. The molecule has 106 valence electrons. The Labute approximate surface area is 126 Å². The average Bonchev–Trinajstić information content (AvgIpc) is 2.84. The smallest absolute Gasteiger partial charge is 0.360 e. The van der Waals surface area contributed by atoms with E-state index in [1.807, 2.05) is 12.1 Å². The van der Waals surface area contributed by atoms with Crippen molar-refractivity contribution in [1.82, 2.24) is 15.0 Å². The van der Waals surface area contributed by atoms with Crippen LogP contribution in [-0.4, -0.2) is 27.6 Å². The molecule has 0 aliphatic heterocycles. The van der Waals surface area contributed by atoms with Crippen molar-refractivity contribution >= 4 is 29.2 Å². The summed E-state index contributed by atoms with van der Waals surface area (Å²) < 4.78 is 6.50. The molecule has 1 heterocycles. The van der Waals surface area contributed by atoms with Crippen LogP contribution < -0.4 is 0 Å². The molecule has 2 rings (SSSR count). The molecule has 0 spiro atoms. The van der Waals surface area contributed by atoms with Gasteiger partial charge in [-0.05, 0) is 24.6 Å². The SMILES string of the molecule is CCOC(=O)c1nnn(Cc2ccc(Cl)cc2)c1CCl. The quantitative estimate of drug-likeness (QED) is 0.629. The van der Waals surface area contributed by atoms with E-state index in [0.29, 0.717) is 17.3 Å². The van der Waals surface area contributed by atoms with Crippen molar-refractivity contribution in [1.29, 1.82) is 0 Å². The first-order valence-corrected chi connectivity index (χ1v) is 6.96. The fourth-order valence-corrected chi connectivity index (χ4v) is 2.10. The zero-order valence-corrected chi connectivity index (χ0v) is 12.4. The molecule has 0 saturated heterocycles. The van der Waals surface area contributed by atoms with Gasteiger partial charge in [0, 0.05) is 5.02 Å². The second-order valence-corrected chi connectivity index (χ2v) is 4.73. The van der Waals surface area contributed by atoms with Crippen molar-refractivity contribution in [2.75, 3.05) is 6.61 Å². The highest BCUT2D eigenvalue weighted by Gasteiger charge is 2.20. The Bertz CT molecular complexity index is 596. The van der Waals surface area contributed by atoms with Crippen LogP contribution in [0.5, 0.6) is 0 Å². The predicted octanol–water partition coefficient (Wildman–Crippen LogP) is 2.90. The lowest BCUT2D eigenvalue weighted by Gasteiger charge is -2.05. The average molecular weight is 314 g/mol. The highest BCUT2D eigenvalue weighted by molar-refractivity contribution is 6.30. The Morgan fingerprint density at radius 3 is 2.65 bits per heavy atom. The van der Waals surface area contributed by atoms with Crippen molar-refractivity contribution in [3.63, 3.8) is 0 Å². The number of aromatic nitrogens is 3. The van der Waals surface area contributed by atoms with Crippen LogP contribution in [0.15, 0.2) is 24.3 Å². The van der Waals surface area contributed by atoms with Gasteiger partial charge in [0.1, 0.15) is 0 Å². The molecule has 0 radical (unpaired) electrons. The van der Waals surface area contributed by atoms with Crippen molar-refractivity contribution < 1.29 is 9.53 Å². The number of alkyl halides is 1. The highest BCUT2D eigenvalue weighted by atomic mass is 35.5.